The number of amides is 4. The Bertz CT molecular complexity index is 1440. The van der Waals surface area contributed by atoms with E-state index in [0.29, 0.717) is 22.7 Å². The summed E-state index contributed by atoms with van der Waals surface area (Å²) in [7, 11) is 1.45. The average molecular weight is 600 g/mol. The van der Waals surface area contributed by atoms with Crippen molar-refractivity contribution in [1.82, 2.24) is 5.32 Å². The summed E-state index contributed by atoms with van der Waals surface area (Å²) in [5.74, 6) is -0.195. The fraction of sp³-hybridized carbons (Fsp3) is 0.179. The number of halogens is 2. The number of hydrogen-bond acceptors (Lipinski definition) is 6. The molecule has 0 atom stereocenters. The van der Waals surface area contributed by atoms with Crippen LogP contribution in [0.3, 0.4) is 0 Å². The molecule has 1 heterocycles. The summed E-state index contributed by atoms with van der Waals surface area (Å²) in [6.45, 7) is 4.44. The predicted octanol–water partition coefficient (Wildman–Crippen LogP) is 5.85. The number of nitrogens with one attached hydrogen (secondary N) is 1. The number of carbonyl (C=O) groups excluding carboxylic acids is 3. The molecule has 4 rings (SSSR count). The van der Waals surface area contributed by atoms with E-state index < -0.39 is 17.8 Å². The lowest BCUT2D eigenvalue weighted by molar-refractivity contribution is -0.122. The quantitative estimate of drug-likeness (QED) is 0.198. The van der Waals surface area contributed by atoms with Crippen molar-refractivity contribution in [3.63, 3.8) is 0 Å². The normalized spacial score (nSPS) is 14.5. The first-order valence-electron chi connectivity index (χ1n) is 11.6. The first-order chi connectivity index (χ1) is 18.2. The zero-order valence-corrected chi connectivity index (χ0v) is 23.2. The van der Waals surface area contributed by atoms with E-state index in [2.05, 4.69) is 21.2 Å². The van der Waals surface area contributed by atoms with Crippen LogP contribution in [-0.2, 0) is 9.59 Å². The van der Waals surface area contributed by atoms with Crippen LogP contribution in [0, 0.1) is 13.8 Å². The van der Waals surface area contributed by atoms with Crippen LogP contribution >= 0.6 is 27.5 Å². The van der Waals surface area contributed by atoms with Gasteiger partial charge < -0.3 is 14.2 Å². The molecule has 8 nitrogen and oxygen atoms in total. The van der Waals surface area contributed by atoms with Gasteiger partial charge in [0.25, 0.3) is 11.8 Å². The molecule has 0 radical (unpaired) electrons. The van der Waals surface area contributed by atoms with Crippen molar-refractivity contribution < 1.29 is 28.6 Å². The number of nitrogens with zero attached hydrogens (tertiary/aromatic N) is 1. The van der Waals surface area contributed by atoms with Crippen molar-refractivity contribution in [2.75, 3.05) is 25.2 Å². The molecule has 0 bridgehead atoms. The molecule has 3 aromatic rings. The summed E-state index contributed by atoms with van der Waals surface area (Å²) in [5, 5.41) is 2.41. The highest BCUT2D eigenvalue weighted by molar-refractivity contribution is 9.10. The van der Waals surface area contributed by atoms with Crippen LogP contribution in [-0.4, -0.2) is 38.2 Å². The van der Waals surface area contributed by atoms with E-state index in [1.165, 1.54) is 13.2 Å². The monoisotopic (exact) mass is 598 g/mol. The van der Waals surface area contributed by atoms with Crippen LogP contribution in [0.15, 0.2) is 64.6 Å². The van der Waals surface area contributed by atoms with Crippen LogP contribution in [0.1, 0.15) is 16.7 Å². The molecule has 0 aliphatic carbocycles. The summed E-state index contributed by atoms with van der Waals surface area (Å²) in [6, 6.07) is 14.8. The van der Waals surface area contributed by atoms with Gasteiger partial charge in [0.15, 0.2) is 11.5 Å². The first-order valence-corrected chi connectivity index (χ1v) is 12.7. The molecule has 1 aliphatic heterocycles. The van der Waals surface area contributed by atoms with Crippen LogP contribution < -0.4 is 24.4 Å². The number of urea groups is 1. The second kappa shape index (κ2) is 11.7. The SMILES string of the molecule is COc1cc(/C=C2\C(=O)NC(=O)N(c3ccc(Br)cc3)C2=O)cc(Cl)c1OCCOc1cc(C)ccc1C. The number of imide groups is 2. The maximum Gasteiger partial charge on any atom is 0.335 e. The van der Waals surface area contributed by atoms with E-state index in [-0.39, 0.29) is 23.8 Å². The number of benzene rings is 3. The third-order valence-electron chi connectivity index (χ3n) is 5.68. The molecule has 3 aromatic carbocycles. The summed E-state index contributed by atoms with van der Waals surface area (Å²) < 4.78 is 17.9. The molecule has 38 heavy (non-hydrogen) atoms. The Kier molecular flexibility index (Phi) is 8.38. The highest BCUT2D eigenvalue weighted by Crippen LogP contribution is 2.37. The minimum atomic E-state index is -0.832. The average Bonchev–Trinajstić information content (AvgIpc) is 2.88. The molecule has 1 saturated heterocycles. The number of anilines is 1. The van der Waals surface area contributed by atoms with E-state index in [1.807, 2.05) is 32.0 Å². The van der Waals surface area contributed by atoms with Gasteiger partial charge in [0.2, 0.25) is 0 Å². The van der Waals surface area contributed by atoms with Gasteiger partial charge in [-0.1, -0.05) is 39.7 Å². The molecule has 0 aromatic heterocycles. The van der Waals surface area contributed by atoms with Gasteiger partial charge in [-0.2, -0.15) is 0 Å². The van der Waals surface area contributed by atoms with Gasteiger partial charge in [-0.05, 0) is 79.1 Å². The van der Waals surface area contributed by atoms with Crippen LogP contribution in [0.2, 0.25) is 5.02 Å². The van der Waals surface area contributed by atoms with Crippen LogP contribution in [0.5, 0.6) is 17.2 Å². The highest BCUT2D eigenvalue weighted by Gasteiger charge is 2.36. The van der Waals surface area contributed by atoms with Crippen LogP contribution in [0.25, 0.3) is 6.08 Å². The Labute approximate surface area is 233 Å². The molecule has 4 amide bonds. The Balaban J connectivity index is 1.52. The summed E-state index contributed by atoms with van der Waals surface area (Å²) >= 11 is 9.79. The Morgan fingerprint density at radius 2 is 1.66 bits per heavy atom. The van der Waals surface area contributed by atoms with Crippen molar-refractivity contribution in [3.05, 3.63) is 86.4 Å². The highest BCUT2D eigenvalue weighted by atomic mass is 79.9. The minimum absolute atomic E-state index is 0.203. The minimum Gasteiger partial charge on any atom is -0.493 e. The second-order valence-corrected chi connectivity index (χ2v) is 9.76. The molecule has 1 fully saturated rings. The number of ether oxygens (including phenoxy) is 3. The van der Waals surface area contributed by atoms with Crippen molar-refractivity contribution in [2.24, 2.45) is 0 Å². The Hall–Kier alpha value is -3.82. The van der Waals surface area contributed by atoms with E-state index in [4.69, 9.17) is 25.8 Å². The Morgan fingerprint density at radius 3 is 2.37 bits per heavy atom. The fourth-order valence-corrected chi connectivity index (χ4v) is 4.31. The number of carbonyl (C=O) groups is 3. The van der Waals surface area contributed by atoms with Gasteiger partial charge in [-0.25, -0.2) is 9.69 Å². The van der Waals surface area contributed by atoms with Crippen molar-refractivity contribution in [2.45, 2.75) is 13.8 Å². The Morgan fingerprint density at radius 1 is 0.947 bits per heavy atom. The number of hydrogen-bond donors (Lipinski definition) is 1. The smallest absolute Gasteiger partial charge is 0.335 e. The second-order valence-electron chi connectivity index (χ2n) is 8.43. The number of barbiturate groups is 1. The first kappa shape index (κ1) is 27.2. The maximum absolute atomic E-state index is 13.1. The predicted molar refractivity (Wildman–Crippen MR) is 148 cm³/mol. The lowest BCUT2D eigenvalue weighted by atomic mass is 10.1. The van der Waals surface area contributed by atoms with Gasteiger partial charge >= 0.3 is 6.03 Å². The number of rotatable bonds is 8. The summed E-state index contributed by atoms with van der Waals surface area (Å²) in [5.41, 5.74) is 2.60. The van der Waals surface area contributed by atoms with Gasteiger partial charge in [-0.15, -0.1) is 0 Å². The molecule has 10 heteroatoms. The molecular weight excluding hydrogens is 576 g/mol. The lowest BCUT2D eigenvalue weighted by Gasteiger charge is -2.26. The van der Waals surface area contributed by atoms with E-state index in [0.717, 1.165) is 26.2 Å². The van der Waals surface area contributed by atoms with Crippen LogP contribution in [0.4, 0.5) is 10.5 Å². The molecule has 1 aliphatic rings. The molecule has 0 saturated carbocycles. The zero-order chi connectivity index (χ0) is 27.4. The third kappa shape index (κ3) is 6.00. The molecule has 1 N–H and O–H groups in total. The summed E-state index contributed by atoms with van der Waals surface area (Å²) in [4.78, 5) is 39.0. The van der Waals surface area contributed by atoms with Gasteiger partial charge in [0.1, 0.15) is 24.5 Å². The number of methoxy groups -OCH3 is 1. The van der Waals surface area contributed by atoms with Gasteiger partial charge in [0, 0.05) is 4.47 Å². The van der Waals surface area contributed by atoms with Crippen molar-refractivity contribution >= 4 is 57.1 Å². The van der Waals surface area contributed by atoms with E-state index in [9.17, 15) is 14.4 Å². The largest absolute Gasteiger partial charge is 0.493 e. The third-order valence-corrected chi connectivity index (χ3v) is 6.49. The molecule has 0 unspecified atom stereocenters. The summed E-state index contributed by atoms with van der Waals surface area (Å²) in [6.07, 6.45) is 1.35. The number of aryl methyl sites for hydroxylation is 2. The fourth-order valence-electron chi connectivity index (χ4n) is 3.77. The molecule has 0 spiro atoms. The van der Waals surface area contributed by atoms with E-state index in [1.54, 1.807) is 36.4 Å². The zero-order valence-electron chi connectivity index (χ0n) is 20.8. The molecular formula is C28H24BrClN2O6. The van der Waals surface area contributed by atoms with Crippen molar-refractivity contribution in [3.8, 4) is 17.2 Å². The van der Waals surface area contributed by atoms with Gasteiger partial charge in [-0.3, -0.25) is 14.9 Å². The standard InChI is InChI=1S/C28H24BrClN2O6/c1-16-4-5-17(2)23(12-16)37-10-11-38-25-22(30)14-18(15-24(25)36-3)13-21-26(33)31-28(35)32(27(21)34)20-8-6-19(29)7-9-20/h4-9,12-15H,10-11H2,1-3H3,(H,31,33,35)/b21-13+. The topological polar surface area (TPSA) is 94.2 Å². The van der Waals surface area contributed by atoms with Crippen molar-refractivity contribution in [1.29, 1.82) is 0 Å². The maximum atomic E-state index is 13.1. The van der Waals surface area contributed by atoms with E-state index >= 15 is 0 Å². The lowest BCUT2D eigenvalue weighted by Crippen LogP contribution is -2.54. The van der Waals surface area contributed by atoms with Gasteiger partial charge in [0.05, 0.1) is 17.8 Å². The molecule has 196 valence electrons.